The van der Waals surface area contributed by atoms with Crippen LogP contribution in [0.5, 0.6) is 0 Å². The SMILES string of the molecule is CCCCC(CC)CN1CCC(O)CC1. The molecule has 0 aromatic heterocycles. The summed E-state index contributed by atoms with van der Waals surface area (Å²) >= 11 is 0. The zero-order valence-electron chi connectivity index (χ0n) is 10.4. The van der Waals surface area contributed by atoms with Gasteiger partial charge in [0.05, 0.1) is 6.10 Å². The summed E-state index contributed by atoms with van der Waals surface area (Å²) in [5.41, 5.74) is 0. The van der Waals surface area contributed by atoms with Gasteiger partial charge in [0.1, 0.15) is 0 Å². The molecule has 0 aromatic rings. The molecule has 1 atom stereocenters. The smallest absolute Gasteiger partial charge is 0.0564 e. The molecule has 2 heteroatoms. The van der Waals surface area contributed by atoms with Gasteiger partial charge in [-0.05, 0) is 25.2 Å². The maximum absolute atomic E-state index is 9.43. The number of aliphatic hydroxyl groups is 1. The van der Waals surface area contributed by atoms with Crippen LogP contribution in [-0.4, -0.2) is 35.7 Å². The van der Waals surface area contributed by atoms with E-state index in [0.717, 1.165) is 31.8 Å². The van der Waals surface area contributed by atoms with E-state index >= 15 is 0 Å². The van der Waals surface area contributed by atoms with E-state index in [0.29, 0.717) is 0 Å². The minimum atomic E-state index is -0.0306. The van der Waals surface area contributed by atoms with Gasteiger partial charge >= 0.3 is 0 Å². The molecule has 2 nitrogen and oxygen atoms in total. The highest BCUT2D eigenvalue weighted by atomic mass is 16.3. The summed E-state index contributed by atoms with van der Waals surface area (Å²) in [6.45, 7) is 8.03. The van der Waals surface area contributed by atoms with Gasteiger partial charge in [-0.3, -0.25) is 0 Å². The van der Waals surface area contributed by atoms with Gasteiger partial charge in [-0.15, -0.1) is 0 Å². The third-order valence-electron chi connectivity index (χ3n) is 3.62. The number of rotatable bonds is 6. The van der Waals surface area contributed by atoms with Gasteiger partial charge in [-0.1, -0.05) is 33.1 Å². The molecule has 0 radical (unpaired) electrons. The number of aliphatic hydroxyl groups excluding tert-OH is 1. The lowest BCUT2D eigenvalue weighted by Gasteiger charge is -2.32. The van der Waals surface area contributed by atoms with E-state index in [-0.39, 0.29) is 6.10 Å². The molecule has 1 saturated heterocycles. The van der Waals surface area contributed by atoms with Crippen molar-refractivity contribution in [1.82, 2.24) is 4.90 Å². The minimum Gasteiger partial charge on any atom is -0.393 e. The molecule has 0 aliphatic carbocycles. The van der Waals surface area contributed by atoms with E-state index < -0.39 is 0 Å². The van der Waals surface area contributed by atoms with Crippen LogP contribution in [0.15, 0.2) is 0 Å². The number of likely N-dealkylation sites (tertiary alicyclic amines) is 1. The lowest BCUT2D eigenvalue weighted by molar-refractivity contribution is 0.0733. The van der Waals surface area contributed by atoms with Crippen LogP contribution in [0.1, 0.15) is 52.4 Å². The highest BCUT2D eigenvalue weighted by Gasteiger charge is 2.19. The Labute approximate surface area is 94.7 Å². The summed E-state index contributed by atoms with van der Waals surface area (Å²) in [7, 11) is 0. The van der Waals surface area contributed by atoms with E-state index in [1.165, 1.54) is 32.2 Å². The molecular weight excluding hydrogens is 186 g/mol. The van der Waals surface area contributed by atoms with Crippen molar-refractivity contribution >= 4 is 0 Å². The van der Waals surface area contributed by atoms with Gasteiger partial charge in [0.2, 0.25) is 0 Å². The second kappa shape index (κ2) is 7.24. The highest BCUT2D eigenvalue weighted by Crippen LogP contribution is 2.17. The van der Waals surface area contributed by atoms with Crippen molar-refractivity contribution < 1.29 is 5.11 Å². The topological polar surface area (TPSA) is 23.5 Å². The molecular formula is C13H27NO. The predicted octanol–water partition coefficient (Wildman–Crippen LogP) is 2.66. The van der Waals surface area contributed by atoms with E-state index in [4.69, 9.17) is 0 Å². The fourth-order valence-corrected chi connectivity index (χ4v) is 2.38. The molecule has 1 N–H and O–H groups in total. The van der Waals surface area contributed by atoms with Crippen molar-refractivity contribution in [2.75, 3.05) is 19.6 Å². The van der Waals surface area contributed by atoms with Crippen LogP contribution < -0.4 is 0 Å². The number of nitrogens with zero attached hydrogens (tertiary/aromatic N) is 1. The third kappa shape index (κ3) is 4.98. The first-order valence-corrected chi connectivity index (χ1v) is 6.66. The fraction of sp³-hybridized carbons (Fsp3) is 1.00. The number of hydrogen-bond acceptors (Lipinski definition) is 2. The Morgan fingerprint density at radius 3 is 2.47 bits per heavy atom. The van der Waals surface area contributed by atoms with Crippen LogP contribution >= 0.6 is 0 Å². The molecule has 1 rings (SSSR count). The summed E-state index contributed by atoms with van der Waals surface area (Å²) in [5, 5.41) is 9.43. The molecule has 0 bridgehead atoms. The van der Waals surface area contributed by atoms with Crippen LogP contribution in [0.3, 0.4) is 0 Å². The molecule has 1 fully saturated rings. The quantitative estimate of drug-likeness (QED) is 0.733. The van der Waals surface area contributed by atoms with Crippen LogP contribution in [0.4, 0.5) is 0 Å². The zero-order chi connectivity index (χ0) is 11.1. The van der Waals surface area contributed by atoms with Crippen LogP contribution in [0, 0.1) is 5.92 Å². The lowest BCUT2D eigenvalue weighted by Crippen LogP contribution is -2.38. The van der Waals surface area contributed by atoms with Gasteiger partial charge in [0.25, 0.3) is 0 Å². The maximum atomic E-state index is 9.43. The van der Waals surface area contributed by atoms with Crippen LogP contribution in [0.2, 0.25) is 0 Å². The zero-order valence-corrected chi connectivity index (χ0v) is 10.4. The van der Waals surface area contributed by atoms with Crippen molar-refractivity contribution in [2.24, 2.45) is 5.92 Å². The summed E-state index contributed by atoms with van der Waals surface area (Å²) < 4.78 is 0. The lowest BCUT2D eigenvalue weighted by atomic mass is 9.97. The Bertz CT molecular complexity index is 150. The monoisotopic (exact) mass is 213 g/mol. The van der Waals surface area contributed by atoms with Gasteiger partial charge in [-0.2, -0.15) is 0 Å². The Morgan fingerprint density at radius 2 is 1.93 bits per heavy atom. The van der Waals surface area contributed by atoms with Crippen LogP contribution in [-0.2, 0) is 0 Å². The molecule has 0 amide bonds. The second-order valence-electron chi connectivity index (χ2n) is 4.95. The largest absolute Gasteiger partial charge is 0.393 e. The average molecular weight is 213 g/mol. The number of piperidine rings is 1. The van der Waals surface area contributed by atoms with Crippen molar-refractivity contribution in [3.05, 3.63) is 0 Å². The van der Waals surface area contributed by atoms with E-state index in [1.54, 1.807) is 0 Å². The van der Waals surface area contributed by atoms with Crippen molar-refractivity contribution in [3.63, 3.8) is 0 Å². The maximum Gasteiger partial charge on any atom is 0.0564 e. The summed E-state index contributed by atoms with van der Waals surface area (Å²) in [6.07, 6.45) is 7.29. The Balaban J connectivity index is 2.19. The molecule has 0 spiro atoms. The second-order valence-corrected chi connectivity index (χ2v) is 4.95. The van der Waals surface area contributed by atoms with Crippen LogP contribution in [0.25, 0.3) is 0 Å². The van der Waals surface area contributed by atoms with E-state index in [1.807, 2.05) is 0 Å². The standard InChI is InChI=1S/C13H27NO/c1-3-5-6-12(4-2)11-14-9-7-13(15)8-10-14/h12-13,15H,3-11H2,1-2H3. The van der Waals surface area contributed by atoms with Gasteiger partial charge in [-0.25, -0.2) is 0 Å². The number of hydrogen-bond donors (Lipinski definition) is 1. The molecule has 90 valence electrons. The molecule has 0 aromatic carbocycles. The van der Waals surface area contributed by atoms with Gasteiger partial charge < -0.3 is 10.0 Å². The first-order valence-electron chi connectivity index (χ1n) is 6.66. The average Bonchev–Trinajstić information content (AvgIpc) is 2.27. The Kier molecular flexibility index (Phi) is 6.26. The Morgan fingerprint density at radius 1 is 1.27 bits per heavy atom. The molecule has 15 heavy (non-hydrogen) atoms. The molecule has 1 unspecified atom stereocenters. The number of unbranched alkanes of at least 4 members (excludes halogenated alkanes) is 1. The summed E-state index contributed by atoms with van der Waals surface area (Å²) in [4.78, 5) is 2.54. The molecule has 1 aliphatic rings. The molecule has 1 heterocycles. The van der Waals surface area contributed by atoms with Gasteiger partial charge in [0.15, 0.2) is 0 Å². The first kappa shape index (κ1) is 13.0. The van der Waals surface area contributed by atoms with Crippen molar-refractivity contribution in [1.29, 1.82) is 0 Å². The van der Waals surface area contributed by atoms with Crippen molar-refractivity contribution in [3.8, 4) is 0 Å². The fourth-order valence-electron chi connectivity index (χ4n) is 2.38. The molecule has 0 saturated carbocycles. The minimum absolute atomic E-state index is 0.0306. The van der Waals surface area contributed by atoms with Gasteiger partial charge in [0, 0.05) is 19.6 Å². The van der Waals surface area contributed by atoms with E-state index in [2.05, 4.69) is 18.7 Å². The highest BCUT2D eigenvalue weighted by molar-refractivity contribution is 4.73. The summed E-state index contributed by atoms with van der Waals surface area (Å²) in [5.74, 6) is 0.875. The Hall–Kier alpha value is -0.0800. The third-order valence-corrected chi connectivity index (χ3v) is 3.62. The summed E-state index contributed by atoms with van der Waals surface area (Å²) in [6, 6.07) is 0. The normalized spacial score (nSPS) is 21.8. The van der Waals surface area contributed by atoms with E-state index in [9.17, 15) is 5.11 Å². The van der Waals surface area contributed by atoms with Crippen molar-refractivity contribution in [2.45, 2.75) is 58.5 Å². The molecule has 1 aliphatic heterocycles. The first-order chi connectivity index (χ1) is 7.26. The predicted molar refractivity (Wildman–Crippen MR) is 65.0 cm³/mol.